The molecule has 0 radical (unpaired) electrons. The molecule has 35 heavy (non-hydrogen) atoms. The van der Waals surface area contributed by atoms with E-state index < -0.39 is 11.2 Å². The number of para-hydroxylation sites is 1. The number of carbonyl (C=O) groups is 1. The highest BCUT2D eigenvalue weighted by Gasteiger charge is 2.14. The van der Waals surface area contributed by atoms with Gasteiger partial charge in [0.2, 0.25) is 0 Å². The highest BCUT2D eigenvalue weighted by Crippen LogP contribution is 2.36. The molecule has 1 aromatic heterocycles. The van der Waals surface area contributed by atoms with Crippen LogP contribution >= 0.6 is 11.6 Å². The van der Waals surface area contributed by atoms with E-state index in [1.807, 2.05) is 19.1 Å². The average Bonchev–Trinajstić information content (AvgIpc) is 2.84. The molecular weight excluding hydrogens is 472 g/mol. The van der Waals surface area contributed by atoms with Gasteiger partial charge in [-0.25, -0.2) is 4.79 Å². The van der Waals surface area contributed by atoms with Crippen molar-refractivity contribution in [3.63, 3.8) is 0 Å². The lowest BCUT2D eigenvalue weighted by molar-refractivity contribution is -0.118. The predicted molar refractivity (Wildman–Crippen MR) is 135 cm³/mol. The molecule has 0 atom stereocenters. The molecular formula is C25H21ClN4O5. The van der Waals surface area contributed by atoms with Crippen molar-refractivity contribution < 1.29 is 14.3 Å². The van der Waals surface area contributed by atoms with Crippen LogP contribution < -0.4 is 26.0 Å². The lowest BCUT2D eigenvalue weighted by Crippen LogP contribution is -2.32. The van der Waals surface area contributed by atoms with Crippen molar-refractivity contribution in [1.82, 2.24) is 9.66 Å². The van der Waals surface area contributed by atoms with Gasteiger partial charge in [0, 0.05) is 5.69 Å². The molecule has 4 rings (SSSR count). The minimum Gasteiger partial charge on any atom is -0.493 e. The highest BCUT2D eigenvalue weighted by molar-refractivity contribution is 6.32. The zero-order valence-corrected chi connectivity index (χ0v) is 19.6. The molecule has 3 aromatic carbocycles. The molecule has 1 amide bonds. The Morgan fingerprint density at radius 1 is 1.14 bits per heavy atom. The summed E-state index contributed by atoms with van der Waals surface area (Å²) in [7, 11) is 1.42. The Kier molecular flexibility index (Phi) is 6.98. The van der Waals surface area contributed by atoms with Crippen molar-refractivity contribution in [3.8, 4) is 11.5 Å². The number of methoxy groups -OCH3 is 1. The van der Waals surface area contributed by atoms with Crippen LogP contribution in [0.4, 0.5) is 5.69 Å². The second-order valence-corrected chi connectivity index (χ2v) is 7.98. The summed E-state index contributed by atoms with van der Waals surface area (Å²) >= 11 is 6.36. The number of benzene rings is 3. The van der Waals surface area contributed by atoms with E-state index >= 15 is 0 Å². The van der Waals surface area contributed by atoms with E-state index in [-0.39, 0.29) is 29.0 Å². The van der Waals surface area contributed by atoms with E-state index in [0.29, 0.717) is 22.2 Å². The zero-order valence-electron chi connectivity index (χ0n) is 18.9. The smallest absolute Gasteiger partial charge is 0.349 e. The first-order valence-corrected chi connectivity index (χ1v) is 10.9. The Bertz CT molecular complexity index is 1540. The molecule has 0 aliphatic rings. The van der Waals surface area contributed by atoms with Crippen LogP contribution in [0.15, 0.2) is 75.4 Å². The SMILES string of the molecule is COc1cc(C=Nn2c(=O)[nH]c3ccccc3c2=O)cc(Cl)c1OCC(=O)Nc1ccc(C)cc1. The highest BCUT2D eigenvalue weighted by atomic mass is 35.5. The summed E-state index contributed by atoms with van der Waals surface area (Å²) in [5.41, 5.74) is 1.36. The van der Waals surface area contributed by atoms with Crippen molar-refractivity contribution in [1.29, 1.82) is 0 Å². The topological polar surface area (TPSA) is 115 Å². The van der Waals surface area contributed by atoms with Crippen LogP contribution in [0.1, 0.15) is 11.1 Å². The molecule has 0 saturated carbocycles. The molecule has 10 heteroatoms. The molecule has 0 fully saturated rings. The molecule has 0 aliphatic heterocycles. The fourth-order valence-electron chi connectivity index (χ4n) is 3.31. The van der Waals surface area contributed by atoms with E-state index in [0.717, 1.165) is 10.2 Å². The summed E-state index contributed by atoms with van der Waals surface area (Å²) in [6.07, 6.45) is 1.30. The molecule has 0 bridgehead atoms. The third-order valence-corrected chi connectivity index (χ3v) is 5.32. The second kappa shape index (κ2) is 10.3. The van der Waals surface area contributed by atoms with Gasteiger partial charge in [-0.1, -0.05) is 41.4 Å². The summed E-state index contributed by atoms with van der Waals surface area (Å²) in [5, 5.41) is 7.24. The number of carbonyl (C=O) groups excluding carboxylic acids is 1. The fraction of sp³-hybridized carbons (Fsp3) is 0.120. The summed E-state index contributed by atoms with van der Waals surface area (Å²) < 4.78 is 11.7. The van der Waals surface area contributed by atoms with Crippen molar-refractivity contribution in [2.24, 2.45) is 5.10 Å². The molecule has 1 heterocycles. The van der Waals surface area contributed by atoms with Crippen molar-refractivity contribution in [3.05, 3.63) is 97.7 Å². The van der Waals surface area contributed by atoms with Crippen LogP contribution in [0, 0.1) is 6.92 Å². The monoisotopic (exact) mass is 492 g/mol. The molecule has 0 unspecified atom stereocenters. The first kappa shape index (κ1) is 23.8. The van der Waals surface area contributed by atoms with Gasteiger partial charge in [0.1, 0.15) is 0 Å². The quantitative estimate of drug-likeness (QED) is 0.383. The predicted octanol–water partition coefficient (Wildman–Crippen LogP) is 3.56. The molecule has 0 saturated heterocycles. The number of nitrogens with zero attached hydrogens (tertiary/aromatic N) is 2. The van der Waals surface area contributed by atoms with Gasteiger partial charge in [0.15, 0.2) is 18.1 Å². The Morgan fingerprint density at radius 2 is 1.89 bits per heavy atom. The lowest BCUT2D eigenvalue weighted by atomic mass is 10.2. The van der Waals surface area contributed by atoms with Crippen LogP contribution in [0.5, 0.6) is 11.5 Å². The summed E-state index contributed by atoms with van der Waals surface area (Å²) in [5.74, 6) is 0.0560. The standard InChI is InChI=1S/C25H21ClN4O5/c1-15-7-9-17(10-8-15)28-22(31)14-35-23-19(26)11-16(12-21(23)34-2)13-27-30-24(32)18-5-3-4-6-20(18)29-25(30)33/h3-13H,14H2,1-2H3,(H,28,31)(H,29,33). The number of hydrogen-bond acceptors (Lipinski definition) is 6. The Morgan fingerprint density at radius 3 is 2.63 bits per heavy atom. The zero-order chi connectivity index (χ0) is 24.9. The van der Waals surface area contributed by atoms with Crippen molar-refractivity contribution in [2.45, 2.75) is 6.92 Å². The Hall–Kier alpha value is -4.37. The van der Waals surface area contributed by atoms with Gasteiger partial charge >= 0.3 is 5.69 Å². The number of halogens is 1. The maximum absolute atomic E-state index is 12.6. The van der Waals surface area contributed by atoms with Gasteiger partial charge < -0.3 is 19.8 Å². The largest absolute Gasteiger partial charge is 0.493 e. The van der Waals surface area contributed by atoms with Crippen LogP contribution in [0.3, 0.4) is 0 Å². The number of aromatic nitrogens is 2. The Balaban J connectivity index is 1.53. The van der Waals surface area contributed by atoms with Gasteiger partial charge in [0.05, 0.1) is 29.2 Å². The third kappa shape index (κ3) is 5.42. The molecule has 0 spiro atoms. The number of H-pyrrole nitrogens is 1. The van der Waals surface area contributed by atoms with E-state index in [1.165, 1.54) is 19.4 Å². The molecule has 2 N–H and O–H groups in total. The van der Waals surface area contributed by atoms with Crippen molar-refractivity contribution >= 4 is 40.3 Å². The number of aryl methyl sites for hydroxylation is 1. The average molecular weight is 493 g/mol. The van der Waals surface area contributed by atoms with E-state index in [2.05, 4.69) is 15.4 Å². The fourth-order valence-corrected chi connectivity index (χ4v) is 3.58. The number of aromatic amines is 1. The van der Waals surface area contributed by atoms with Gasteiger partial charge in [-0.3, -0.25) is 9.59 Å². The molecule has 4 aromatic rings. The van der Waals surface area contributed by atoms with Crippen molar-refractivity contribution in [2.75, 3.05) is 19.0 Å². The minimum absolute atomic E-state index is 0.161. The molecule has 178 valence electrons. The first-order chi connectivity index (χ1) is 16.9. The van der Waals surface area contributed by atoms with Crippen LogP contribution in [-0.4, -0.2) is 35.5 Å². The first-order valence-electron chi connectivity index (χ1n) is 10.5. The summed E-state index contributed by atoms with van der Waals surface area (Å²) in [6, 6.07) is 17.1. The van der Waals surface area contributed by atoms with Gasteiger partial charge in [-0.2, -0.15) is 5.10 Å². The van der Waals surface area contributed by atoms with E-state index in [4.69, 9.17) is 21.1 Å². The maximum Gasteiger partial charge on any atom is 0.349 e. The number of nitrogens with one attached hydrogen (secondary N) is 2. The lowest BCUT2D eigenvalue weighted by Gasteiger charge is -2.13. The number of anilines is 1. The number of rotatable bonds is 7. The Labute approximate surface area is 204 Å². The molecule has 9 nitrogen and oxygen atoms in total. The second-order valence-electron chi connectivity index (χ2n) is 7.57. The van der Waals surface area contributed by atoms with Gasteiger partial charge in [-0.15, -0.1) is 4.68 Å². The number of amides is 1. The number of hydrogen-bond donors (Lipinski definition) is 2. The van der Waals surface area contributed by atoms with E-state index in [9.17, 15) is 14.4 Å². The number of ether oxygens (including phenoxy) is 2. The van der Waals surface area contributed by atoms with Crippen LogP contribution in [-0.2, 0) is 4.79 Å². The van der Waals surface area contributed by atoms with E-state index in [1.54, 1.807) is 42.5 Å². The summed E-state index contributed by atoms with van der Waals surface area (Å²) in [4.78, 5) is 39.8. The van der Waals surface area contributed by atoms with Gasteiger partial charge in [0.25, 0.3) is 11.5 Å². The van der Waals surface area contributed by atoms with Crippen LogP contribution in [0.25, 0.3) is 10.9 Å². The maximum atomic E-state index is 12.6. The van der Waals surface area contributed by atoms with Crippen LogP contribution in [0.2, 0.25) is 5.02 Å². The normalized spacial score (nSPS) is 11.1. The number of fused-ring (bicyclic) bond motifs is 1. The minimum atomic E-state index is -0.678. The summed E-state index contributed by atoms with van der Waals surface area (Å²) in [6.45, 7) is 1.66. The molecule has 0 aliphatic carbocycles. The van der Waals surface area contributed by atoms with Gasteiger partial charge in [-0.05, 0) is 48.9 Å². The third-order valence-electron chi connectivity index (χ3n) is 5.04.